The summed E-state index contributed by atoms with van der Waals surface area (Å²) in [6.45, 7) is 8.52. The number of nitrogens with one attached hydrogen (secondary N) is 2. The minimum absolute atomic E-state index is 0.0817. The molecule has 1 atom stereocenters. The van der Waals surface area contributed by atoms with E-state index in [0.717, 1.165) is 19.0 Å². The molecule has 1 unspecified atom stereocenters. The molecular weight excluding hydrogens is 316 g/mol. The van der Waals surface area contributed by atoms with Gasteiger partial charge in [0.05, 0.1) is 11.7 Å². The molecule has 0 saturated carbocycles. The average Bonchev–Trinajstić information content (AvgIpc) is 2.61. The standard InChI is InChI=1S/C13H29N3.C6H5NO2/c1-4-6-7-11(5-2)8-12-15-9-13(3,14)10-16-12;8-6(9)5-2-1-3-7-4-5/h11-12,15-16H,4-10,14H2,1-3H3;1-4H,(H,8,9). The molecule has 6 heteroatoms. The quantitative estimate of drug-likeness (QED) is 0.603. The third kappa shape index (κ3) is 8.95. The Labute approximate surface area is 151 Å². The van der Waals surface area contributed by atoms with Gasteiger partial charge < -0.3 is 21.5 Å². The topological polar surface area (TPSA) is 100 Å². The van der Waals surface area contributed by atoms with E-state index in [2.05, 4.69) is 36.4 Å². The predicted molar refractivity (Wildman–Crippen MR) is 102 cm³/mol. The summed E-state index contributed by atoms with van der Waals surface area (Å²) in [5, 5.41) is 15.4. The highest BCUT2D eigenvalue weighted by Crippen LogP contribution is 2.19. The Kier molecular flexibility index (Phi) is 9.63. The van der Waals surface area contributed by atoms with Crippen LogP contribution in [0.1, 0.15) is 63.2 Å². The maximum atomic E-state index is 10.2. The van der Waals surface area contributed by atoms with Crippen molar-refractivity contribution in [3.63, 3.8) is 0 Å². The zero-order valence-electron chi connectivity index (χ0n) is 15.8. The van der Waals surface area contributed by atoms with E-state index in [4.69, 9.17) is 10.8 Å². The summed E-state index contributed by atoms with van der Waals surface area (Å²) in [6.07, 6.45) is 9.88. The third-order valence-electron chi connectivity index (χ3n) is 4.53. The molecule has 0 spiro atoms. The molecule has 2 heterocycles. The van der Waals surface area contributed by atoms with Crippen molar-refractivity contribution in [2.24, 2.45) is 11.7 Å². The van der Waals surface area contributed by atoms with E-state index < -0.39 is 5.97 Å². The van der Waals surface area contributed by atoms with Crippen LogP contribution in [-0.4, -0.2) is 40.9 Å². The van der Waals surface area contributed by atoms with Crippen molar-refractivity contribution in [1.29, 1.82) is 0 Å². The molecule has 5 N–H and O–H groups in total. The monoisotopic (exact) mass is 350 g/mol. The zero-order valence-corrected chi connectivity index (χ0v) is 15.8. The Balaban J connectivity index is 0.000000293. The first-order valence-electron chi connectivity index (χ1n) is 9.27. The average molecular weight is 351 g/mol. The maximum absolute atomic E-state index is 10.2. The van der Waals surface area contributed by atoms with Gasteiger partial charge in [0.2, 0.25) is 0 Å². The molecule has 6 nitrogen and oxygen atoms in total. The highest BCUT2D eigenvalue weighted by Gasteiger charge is 2.27. The number of aromatic nitrogens is 1. The number of hydrogen-bond acceptors (Lipinski definition) is 5. The van der Waals surface area contributed by atoms with E-state index in [-0.39, 0.29) is 11.1 Å². The van der Waals surface area contributed by atoms with Crippen LogP contribution in [0.2, 0.25) is 0 Å². The summed E-state index contributed by atoms with van der Waals surface area (Å²) >= 11 is 0. The minimum atomic E-state index is -0.942. The summed E-state index contributed by atoms with van der Waals surface area (Å²) in [5.74, 6) is -0.0878. The summed E-state index contributed by atoms with van der Waals surface area (Å²) in [7, 11) is 0. The number of carbonyl (C=O) groups is 1. The van der Waals surface area contributed by atoms with Crippen LogP contribution in [-0.2, 0) is 0 Å². The van der Waals surface area contributed by atoms with Crippen molar-refractivity contribution in [3.8, 4) is 0 Å². The second-order valence-corrected chi connectivity index (χ2v) is 7.17. The van der Waals surface area contributed by atoms with Gasteiger partial charge in [0, 0.05) is 31.0 Å². The number of nitrogens with zero attached hydrogens (tertiary/aromatic N) is 1. The molecule has 1 aromatic heterocycles. The van der Waals surface area contributed by atoms with Crippen LogP contribution >= 0.6 is 0 Å². The van der Waals surface area contributed by atoms with Gasteiger partial charge in [0.15, 0.2) is 0 Å². The van der Waals surface area contributed by atoms with Crippen molar-refractivity contribution >= 4 is 5.97 Å². The molecule has 1 fully saturated rings. The Hall–Kier alpha value is -1.50. The zero-order chi connectivity index (χ0) is 18.7. The molecule has 2 rings (SSSR count). The van der Waals surface area contributed by atoms with Gasteiger partial charge in [-0.05, 0) is 31.4 Å². The lowest BCUT2D eigenvalue weighted by molar-refractivity contribution is 0.0696. The Morgan fingerprint density at radius 2 is 2.12 bits per heavy atom. The lowest BCUT2D eigenvalue weighted by Gasteiger charge is -2.37. The van der Waals surface area contributed by atoms with Gasteiger partial charge in [0.25, 0.3) is 0 Å². The van der Waals surface area contributed by atoms with Gasteiger partial charge >= 0.3 is 5.97 Å². The second kappa shape index (κ2) is 11.2. The number of carboxylic acid groups (broad SMARTS) is 1. The van der Waals surface area contributed by atoms with Gasteiger partial charge in [0.1, 0.15) is 0 Å². The van der Waals surface area contributed by atoms with Crippen LogP contribution in [0.3, 0.4) is 0 Å². The lowest BCUT2D eigenvalue weighted by atomic mass is 9.92. The van der Waals surface area contributed by atoms with E-state index in [9.17, 15) is 4.79 Å². The number of pyridine rings is 1. The summed E-state index contributed by atoms with van der Waals surface area (Å²) in [4.78, 5) is 13.8. The van der Waals surface area contributed by atoms with Gasteiger partial charge in [-0.15, -0.1) is 0 Å². The van der Waals surface area contributed by atoms with Crippen LogP contribution in [0.15, 0.2) is 24.5 Å². The molecular formula is C19H34N4O2. The first kappa shape index (κ1) is 21.5. The van der Waals surface area contributed by atoms with Crippen molar-refractivity contribution in [3.05, 3.63) is 30.1 Å². The van der Waals surface area contributed by atoms with E-state index in [1.165, 1.54) is 50.6 Å². The molecule has 142 valence electrons. The minimum Gasteiger partial charge on any atom is -0.478 e. The Bertz CT molecular complexity index is 483. The molecule has 0 bridgehead atoms. The fourth-order valence-electron chi connectivity index (χ4n) is 2.82. The van der Waals surface area contributed by atoms with Crippen LogP contribution in [0.25, 0.3) is 0 Å². The molecule has 1 aliphatic rings. The van der Waals surface area contributed by atoms with Crippen LogP contribution in [0.5, 0.6) is 0 Å². The molecule has 0 aromatic carbocycles. The van der Waals surface area contributed by atoms with Crippen LogP contribution < -0.4 is 16.4 Å². The molecule has 1 aliphatic heterocycles. The van der Waals surface area contributed by atoms with Gasteiger partial charge in [-0.2, -0.15) is 0 Å². The molecule has 0 radical (unpaired) electrons. The highest BCUT2D eigenvalue weighted by molar-refractivity contribution is 5.86. The third-order valence-corrected chi connectivity index (χ3v) is 4.53. The number of nitrogens with two attached hydrogens (primary N) is 1. The molecule has 1 saturated heterocycles. The highest BCUT2D eigenvalue weighted by atomic mass is 16.4. The summed E-state index contributed by atoms with van der Waals surface area (Å²) in [5.41, 5.74) is 6.20. The maximum Gasteiger partial charge on any atom is 0.337 e. The largest absolute Gasteiger partial charge is 0.478 e. The first-order valence-corrected chi connectivity index (χ1v) is 9.27. The van der Waals surface area contributed by atoms with Crippen molar-refractivity contribution in [2.45, 2.75) is 64.6 Å². The molecule has 0 amide bonds. The Morgan fingerprint density at radius 3 is 2.56 bits per heavy atom. The van der Waals surface area contributed by atoms with Gasteiger partial charge in [-0.3, -0.25) is 4.98 Å². The van der Waals surface area contributed by atoms with E-state index in [1.807, 2.05) is 0 Å². The summed E-state index contributed by atoms with van der Waals surface area (Å²) in [6, 6.07) is 3.08. The fraction of sp³-hybridized carbons (Fsp3) is 0.684. The summed E-state index contributed by atoms with van der Waals surface area (Å²) < 4.78 is 0. The number of unbranched alkanes of at least 4 members (excludes halogenated alkanes) is 1. The molecule has 0 aliphatic carbocycles. The van der Waals surface area contributed by atoms with Crippen LogP contribution in [0, 0.1) is 5.92 Å². The fourth-order valence-corrected chi connectivity index (χ4v) is 2.82. The first-order chi connectivity index (χ1) is 11.9. The van der Waals surface area contributed by atoms with Crippen molar-refractivity contribution in [2.75, 3.05) is 13.1 Å². The number of rotatable bonds is 7. The second-order valence-electron chi connectivity index (χ2n) is 7.17. The smallest absolute Gasteiger partial charge is 0.337 e. The van der Waals surface area contributed by atoms with E-state index in [1.54, 1.807) is 6.07 Å². The van der Waals surface area contributed by atoms with Crippen LogP contribution in [0.4, 0.5) is 0 Å². The van der Waals surface area contributed by atoms with E-state index in [0.29, 0.717) is 6.17 Å². The number of hydrogen-bond donors (Lipinski definition) is 4. The normalized spacial score (nSPS) is 24.1. The van der Waals surface area contributed by atoms with Crippen molar-refractivity contribution in [1.82, 2.24) is 15.6 Å². The van der Waals surface area contributed by atoms with Crippen molar-refractivity contribution < 1.29 is 9.90 Å². The van der Waals surface area contributed by atoms with Gasteiger partial charge in [-0.25, -0.2) is 4.79 Å². The van der Waals surface area contributed by atoms with Gasteiger partial charge in [-0.1, -0.05) is 39.5 Å². The molecule has 1 aromatic rings. The predicted octanol–water partition coefficient (Wildman–Crippen LogP) is 2.61. The number of carboxylic acids is 1. The lowest BCUT2D eigenvalue weighted by Crippen LogP contribution is -2.64. The number of aromatic carboxylic acids is 1. The molecule has 25 heavy (non-hydrogen) atoms. The SMILES string of the molecule is CCCCC(CC)CC1NCC(C)(N)CN1.O=C(O)c1cccnc1. The Morgan fingerprint density at radius 1 is 1.44 bits per heavy atom. The van der Waals surface area contributed by atoms with E-state index >= 15 is 0 Å².